The Morgan fingerprint density at radius 1 is 1.09 bits per heavy atom. The van der Waals surface area contributed by atoms with Crippen molar-refractivity contribution in [1.29, 1.82) is 0 Å². The largest absolute Gasteiger partial charge is 0.485 e. The summed E-state index contributed by atoms with van der Waals surface area (Å²) < 4.78 is 10.1. The van der Waals surface area contributed by atoms with E-state index in [0.29, 0.717) is 17.7 Å². The third-order valence-corrected chi connectivity index (χ3v) is 3.32. The first-order chi connectivity index (χ1) is 11.1. The second kappa shape index (κ2) is 8.10. The topological polar surface area (TPSA) is 78.6 Å². The van der Waals surface area contributed by atoms with Crippen molar-refractivity contribution in [3.8, 4) is 5.75 Å². The SMILES string of the molecule is COC(=O)[C@@H](N)Cc1cccc(OCC(=O)c2ccccc2)c1. The van der Waals surface area contributed by atoms with Crippen molar-refractivity contribution in [1.82, 2.24) is 0 Å². The van der Waals surface area contributed by atoms with Gasteiger partial charge in [0.1, 0.15) is 11.8 Å². The smallest absolute Gasteiger partial charge is 0.322 e. The zero-order chi connectivity index (χ0) is 16.7. The lowest BCUT2D eigenvalue weighted by Crippen LogP contribution is -2.33. The Balaban J connectivity index is 1.95. The second-order valence-electron chi connectivity index (χ2n) is 5.06. The molecule has 0 bridgehead atoms. The van der Waals surface area contributed by atoms with E-state index in [-0.39, 0.29) is 12.4 Å². The Hall–Kier alpha value is -2.66. The van der Waals surface area contributed by atoms with E-state index in [0.717, 1.165) is 5.56 Å². The monoisotopic (exact) mass is 313 g/mol. The standard InChI is InChI=1S/C18H19NO4/c1-22-18(21)16(19)11-13-6-5-9-15(10-13)23-12-17(20)14-7-3-2-4-8-14/h2-10,16H,11-12,19H2,1H3/t16-/m0/s1. The lowest BCUT2D eigenvalue weighted by molar-refractivity contribution is -0.142. The van der Waals surface area contributed by atoms with Gasteiger partial charge in [0.05, 0.1) is 7.11 Å². The number of rotatable bonds is 7. The molecule has 0 aliphatic carbocycles. The lowest BCUT2D eigenvalue weighted by atomic mass is 10.1. The summed E-state index contributed by atoms with van der Waals surface area (Å²) in [7, 11) is 1.30. The molecule has 0 aliphatic rings. The molecule has 2 N–H and O–H groups in total. The Labute approximate surface area is 135 Å². The number of ketones is 1. The summed E-state index contributed by atoms with van der Waals surface area (Å²) >= 11 is 0. The summed E-state index contributed by atoms with van der Waals surface area (Å²) in [6.45, 7) is -0.0451. The van der Waals surface area contributed by atoms with Crippen LogP contribution < -0.4 is 10.5 Å². The minimum Gasteiger partial charge on any atom is -0.485 e. The molecule has 1 atom stereocenters. The van der Waals surface area contributed by atoms with Gasteiger partial charge >= 0.3 is 5.97 Å². The molecular weight excluding hydrogens is 294 g/mol. The summed E-state index contributed by atoms with van der Waals surface area (Å²) in [4.78, 5) is 23.4. The van der Waals surface area contributed by atoms with Crippen LogP contribution in [0.5, 0.6) is 5.75 Å². The zero-order valence-corrected chi connectivity index (χ0v) is 12.9. The number of hydrogen-bond acceptors (Lipinski definition) is 5. The molecule has 5 heteroatoms. The number of nitrogens with two attached hydrogens (primary N) is 1. The predicted octanol–water partition coefficient (Wildman–Crippen LogP) is 1.99. The highest BCUT2D eigenvalue weighted by molar-refractivity contribution is 5.97. The van der Waals surface area contributed by atoms with Crippen molar-refractivity contribution in [2.45, 2.75) is 12.5 Å². The van der Waals surface area contributed by atoms with Crippen LogP contribution in [0.3, 0.4) is 0 Å². The molecule has 23 heavy (non-hydrogen) atoms. The van der Waals surface area contributed by atoms with Crippen LogP contribution in [0.1, 0.15) is 15.9 Å². The van der Waals surface area contributed by atoms with Gasteiger partial charge in [-0.2, -0.15) is 0 Å². The molecule has 5 nitrogen and oxygen atoms in total. The molecule has 2 rings (SSSR count). The van der Waals surface area contributed by atoms with Crippen molar-refractivity contribution in [3.63, 3.8) is 0 Å². The summed E-state index contributed by atoms with van der Waals surface area (Å²) in [5, 5.41) is 0. The van der Waals surface area contributed by atoms with Gasteiger partial charge in [0.15, 0.2) is 12.4 Å². The zero-order valence-electron chi connectivity index (χ0n) is 12.9. The Kier molecular flexibility index (Phi) is 5.88. The first kappa shape index (κ1) is 16.7. The maximum atomic E-state index is 12.0. The third-order valence-electron chi connectivity index (χ3n) is 3.32. The van der Waals surface area contributed by atoms with E-state index in [9.17, 15) is 9.59 Å². The number of hydrogen-bond donors (Lipinski definition) is 1. The van der Waals surface area contributed by atoms with E-state index in [2.05, 4.69) is 4.74 Å². The second-order valence-corrected chi connectivity index (χ2v) is 5.06. The Morgan fingerprint density at radius 2 is 1.83 bits per heavy atom. The fraction of sp³-hybridized carbons (Fsp3) is 0.222. The fourth-order valence-corrected chi connectivity index (χ4v) is 2.11. The van der Waals surface area contributed by atoms with Gasteiger partial charge in [0.2, 0.25) is 0 Å². The number of carbonyl (C=O) groups excluding carboxylic acids is 2. The van der Waals surface area contributed by atoms with Gasteiger partial charge in [0.25, 0.3) is 0 Å². The molecule has 0 spiro atoms. The minimum absolute atomic E-state index is 0.0451. The third kappa shape index (κ3) is 4.93. The van der Waals surface area contributed by atoms with Crippen LogP contribution in [0.2, 0.25) is 0 Å². The van der Waals surface area contributed by atoms with E-state index in [4.69, 9.17) is 10.5 Å². The van der Waals surface area contributed by atoms with Crippen molar-refractivity contribution in [3.05, 3.63) is 65.7 Å². The van der Waals surface area contributed by atoms with Crippen molar-refractivity contribution < 1.29 is 19.1 Å². The number of Topliss-reactive ketones (excluding diaryl/α,β-unsaturated/α-hetero) is 1. The van der Waals surface area contributed by atoms with E-state index in [1.807, 2.05) is 24.3 Å². The molecule has 0 saturated heterocycles. The minimum atomic E-state index is -0.721. The van der Waals surface area contributed by atoms with Gasteiger partial charge in [-0.05, 0) is 24.1 Å². The summed E-state index contributed by atoms with van der Waals surface area (Å²) in [6, 6.07) is 15.4. The van der Waals surface area contributed by atoms with Crippen molar-refractivity contribution in [2.75, 3.05) is 13.7 Å². The van der Waals surface area contributed by atoms with Crippen molar-refractivity contribution in [2.24, 2.45) is 5.73 Å². The number of esters is 1. The average molecular weight is 313 g/mol. The first-order valence-corrected chi connectivity index (χ1v) is 7.23. The summed E-state index contributed by atoms with van der Waals surface area (Å²) in [5.74, 6) is 0.00156. The van der Waals surface area contributed by atoms with E-state index >= 15 is 0 Å². The quantitative estimate of drug-likeness (QED) is 0.625. The normalized spacial score (nSPS) is 11.6. The highest BCUT2D eigenvalue weighted by Crippen LogP contribution is 2.15. The highest BCUT2D eigenvalue weighted by Gasteiger charge is 2.14. The summed E-state index contributed by atoms with van der Waals surface area (Å²) in [5.41, 5.74) is 7.19. The molecule has 0 radical (unpaired) electrons. The molecule has 0 amide bonds. The van der Waals surface area contributed by atoms with Gasteiger partial charge in [-0.25, -0.2) is 0 Å². The highest BCUT2D eigenvalue weighted by atomic mass is 16.5. The van der Waals surface area contributed by atoms with Crippen LogP contribution in [-0.4, -0.2) is 31.5 Å². The van der Waals surface area contributed by atoms with Gasteiger partial charge in [-0.15, -0.1) is 0 Å². The van der Waals surface area contributed by atoms with E-state index < -0.39 is 12.0 Å². The van der Waals surface area contributed by atoms with E-state index in [1.165, 1.54) is 7.11 Å². The van der Waals surface area contributed by atoms with Crippen LogP contribution >= 0.6 is 0 Å². The molecule has 0 unspecified atom stereocenters. The van der Waals surface area contributed by atoms with Crippen LogP contribution in [0, 0.1) is 0 Å². The fourth-order valence-electron chi connectivity index (χ4n) is 2.11. The van der Waals surface area contributed by atoms with Crippen LogP contribution in [0.25, 0.3) is 0 Å². The summed E-state index contributed by atoms with van der Waals surface area (Å²) in [6.07, 6.45) is 0.344. The van der Waals surface area contributed by atoms with Gasteiger partial charge in [-0.3, -0.25) is 9.59 Å². The van der Waals surface area contributed by atoms with Gasteiger partial charge in [-0.1, -0.05) is 42.5 Å². The molecule has 0 heterocycles. The lowest BCUT2D eigenvalue weighted by Gasteiger charge is -2.11. The number of methoxy groups -OCH3 is 1. The van der Waals surface area contributed by atoms with E-state index in [1.54, 1.807) is 30.3 Å². The first-order valence-electron chi connectivity index (χ1n) is 7.23. The molecule has 0 fully saturated rings. The number of benzene rings is 2. The Bertz CT molecular complexity index is 670. The number of ether oxygens (including phenoxy) is 2. The van der Waals surface area contributed by atoms with Gasteiger partial charge < -0.3 is 15.2 Å². The maximum Gasteiger partial charge on any atom is 0.322 e. The molecular formula is C18H19NO4. The van der Waals surface area contributed by atoms with Crippen LogP contribution in [0.15, 0.2) is 54.6 Å². The molecule has 0 saturated carbocycles. The molecule has 2 aromatic carbocycles. The predicted molar refractivity (Wildman–Crippen MR) is 86.4 cm³/mol. The van der Waals surface area contributed by atoms with Crippen LogP contribution in [0.4, 0.5) is 0 Å². The molecule has 0 aromatic heterocycles. The van der Waals surface area contributed by atoms with Gasteiger partial charge in [0, 0.05) is 5.56 Å². The van der Waals surface area contributed by atoms with Crippen molar-refractivity contribution >= 4 is 11.8 Å². The van der Waals surface area contributed by atoms with Crippen LogP contribution in [-0.2, 0) is 16.0 Å². The molecule has 0 aliphatic heterocycles. The molecule has 120 valence electrons. The Morgan fingerprint density at radius 3 is 2.52 bits per heavy atom. The maximum absolute atomic E-state index is 12.0. The molecule has 2 aromatic rings. The average Bonchev–Trinajstić information content (AvgIpc) is 2.60. The number of carbonyl (C=O) groups is 2.